The molecule has 3 heteroatoms. The molecule has 0 N–H and O–H groups in total. The quantitative estimate of drug-likeness (QED) is 0.838. The molecule has 0 amide bonds. The van der Waals surface area contributed by atoms with E-state index in [1.165, 1.54) is 12.8 Å². The van der Waals surface area contributed by atoms with E-state index in [1.54, 1.807) is 0 Å². The summed E-state index contributed by atoms with van der Waals surface area (Å²) in [6.45, 7) is 3.14. The van der Waals surface area contributed by atoms with Crippen molar-refractivity contribution in [1.29, 1.82) is 5.26 Å². The van der Waals surface area contributed by atoms with Gasteiger partial charge in [0.1, 0.15) is 6.07 Å². The van der Waals surface area contributed by atoms with Crippen molar-refractivity contribution in [3.63, 3.8) is 0 Å². The van der Waals surface area contributed by atoms with Crippen molar-refractivity contribution in [3.8, 4) is 6.07 Å². The maximum Gasteiger partial charge on any atom is 0.102 e. The summed E-state index contributed by atoms with van der Waals surface area (Å²) in [5, 5.41) is 9.40. The van der Waals surface area contributed by atoms with E-state index in [0.29, 0.717) is 6.04 Å². The molecule has 1 aliphatic carbocycles. The van der Waals surface area contributed by atoms with Crippen LogP contribution in [0.25, 0.3) is 5.52 Å². The summed E-state index contributed by atoms with van der Waals surface area (Å²) in [6, 6.07) is 8.95. The first-order valence-corrected chi connectivity index (χ1v) is 6.89. The summed E-state index contributed by atoms with van der Waals surface area (Å²) < 4.78 is 2.05. The molecule has 0 aromatic carbocycles. The lowest BCUT2D eigenvalue weighted by Crippen LogP contribution is -2.30. The molecule has 2 aromatic heterocycles. The lowest BCUT2D eigenvalue weighted by atomic mass is 10.1. The molecule has 0 saturated heterocycles. The average Bonchev–Trinajstić information content (AvgIpc) is 3.20. The fourth-order valence-corrected chi connectivity index (χ4v) is 2.78. The van der Waals surface area contributed by atoms with Gasteiger partial charge in [0.05, 0.1) is 11.1 Å². The van der Waals surface area contributed by atoms with Crippen LogP contribution in [0, 0.1) is 17.2 Å². The topological polar surface area (TPSA) is 31.4 Å². The fourth-order valence-electron chi connectivity index (χ4n) is 2.78. The fraction of sp³-hybridized carbons (Fsp3) is 0.438. The second kappa shape index (κ2) is 4.71. The predicted molar refractivity (Wildman–Crippen MR) is 75.8 cm³/mol. The molecular weight excluding hydrogens is 234 g/mol. The number of hydrogen-bond donors (Lipinski definition) is 0. The van der Waals surface area contributed by atoms with Gasteiger partial charge in [0, 0.05) is 30.5 Å². The molecule has 98 valence electrons. The van der Waals surface area contributed by atoms with Crippen molar-refractivity contribution in [2.75, 3.05) is 7.05 Å². The van der Waals surface area contributed by atoms with Gasteiger partial charge in [-0.3, -0.25) is 4.90 Å². The zero-order chi connectivity index (χ0) is 13.4. The highest BCUT2D eigenvalue weighted by molar-refractivity contribution is 5.65. The van der Waals surface area contributed by atoms with Gasteiger partial charge in [0.2, 0.25) is 0 Å². The Balaban J connectivity index is 1.89. The number of nitriles is 1. The van der Waals surface area contributed by atoms with E-state index >= 15 is 0 Å². The van der Waals surface area contributed by atoms with Crippen LogP contribution in [0.1, 0.15) is 30.9 Å². The van der Waals surface area contributed by atoms with Gasteiger partial charge in [-0.2, -0.15) is 5.26 Å². The molecule has 0 aliphatic heterocycles. The molecule has 1 aliphatic rings. The Morgan fingerprint density at radius 1 is 1.47 bits per heavy atom. The zero-order valence-corrected chi connectivity index (χ0v) is 11.5. The lowest BCUT2D eigenvalue weighted by Gasteiger charge is -2.24. The van der Waals surface area contributed by atoms with Crippen molar-refractivity contribution < 1.29 is 0 Å². The summed E-state index contributed by atoms with van der Waals surface area (Å²) in [5.41, 5.74) is 2.95. The van der Waals surface area contributed by atoms with Crippen molar-refractivity contribution >= 4 is 5.52 Å². The SMILES string of the molecule is CC(C1CC1)N(C)Cc1cn2ccccc2c1C#N. The molecule has 19 heavy (non-hydrogen) atoms. The summed E-state index contributed by atoms with van der Waals surface area (Å²) in [5.74, 6) is 0.854. The Labute approximate surface area is 114 Å². The molecule has 1 saturated carbocycles. The van der Waals surface area contributed by atoms with E-state index in [2.05, 4.69) is 31.1 Å². The highest BCUT2D eigenvalue weighted by Gasteiger charge is 2.30. The van der Waals surface area contributed by atoms with Gasteiger partial charge < -0.3 is 4.40 Å². The minimum atomic E-state index is 0.606. The van der Waals surface area contributed by atoms with Crippen LogP contribution in [0.4, 0.5) is 0 Å². The molecule has 0 bridgehead atoms. The van der Waals surface area contributed by atoms with Gasteiger partial charge >= 0.3 is 0 Å². The number of rotatable bonds is 4. The molecule has 2 aromatic rings. The number of hydrogen-bond acceptors (Lipinski definition) is 2. The Hall–Kier alpha value is -1.79. The Kier molecular flexibility index (Phi) is 3.04. The smallest absolute Gasteiger partial charge is 0.102 e. The molecule has 3 rings (SSSR count). The van der Waals surface area contributed by atoms with Crippen LogP contribution in [0.15, 0.2) is 30.6 Å². The van der Waals surface area contributed by atoms with Gasteiger partial charge in [-0.05, 0) is 44.9 Å². The number of nitrogens with zero attached hydrogens (tertiary/aromatic N) is 3. The number of aromatic nitrogens is 1. The maximum absolute atomic E-state index is 9.40. The van der Waals surface area contributed by atoms with Crippen LogP contribution in [0.5, 0.6) is 0 Å². The summed E-state index contributed by atoms with van der Waals surface area (Å²) in [6.07, 6.45) is 6.80. The molecular formula is C16H19N3. The van der Waals surface area contributed by atoms with E-state index in [0.717, 1.165) is 29.1 Å². The third kappa shape index (κ3) is 2.24. The van der Waals surface area contributed by atoms with Crippen LogP contribution in [0.2, 0.25) is 0 Å². The van der Waals surface area contributed by atoms with Crippen molar-refractivity contribution in [3.05, 3.63) is 41.7 Å². The Bertz CT molecular complexity index is 631. The molecule has 1 fully saturated rings. The van der Waals surface area contributed by atoms with Gasteiger partial charge in [-0.1, -0.05) is 6.07 Å². The van der Waals surface area contributed by atoms with E-state index in [4.69, 9.17) is 0 Å². The predicted octanol–water partition coefficient (Wildman–Crippen LogP) is 3.04. The van der Waals surface area contributed by atoms with Gasteiger partial charge in [0.25, 0.3) is 0 Å². The van der Waals surface area contributed by atoms with Gasteiger partial charge in [-0.15, -0.1) is 0 Å². The first-order valence-electron chi connectivity index (χ1n) is 6.89. The number of pyridine rings is 1. The summed E-state index contributed by atoms with van der Waals surface area (Å²) in [4.78, 5) is 2.37. The first-order chi connectivity index (χ1) is 9.20. The summed E-state index contributed by atoms with van der Waals surface area (Å²) in [7, 11) is 2.16. The largest absolute Gasteiger partial charge is 0.322 e. The standard InChI is InChI=1S/C16H19N3/c1-12(13-6-7-13)18(2)10-14-11-19-8-4-3-5-16(19)15(14)9-17/h3-5,8,11-13H,6-7,10H2,1-2H3. The highest BCUT2D eigenvalue weighted by atomic mass is 15.1. The zero-order valence-electron chi connectivity index (χ0n) is 11.5. The first kappa shape index (κ1) is 12.3. The minimum Gasteiger partial charge on any atom is -0.322 e. The van der Waals surface area contributed by atoms with E-state index in [9.17, 15) is 5.26 Å². The molecule has 3 nitrogen and oxygen atoms in total. The maximum atomic E-state index is 9.40. The average molecular weight is 253 g/mol. The van der Waals surface area contributed by atoms with E-state index in [1.807, 2.05) is 28.8 Å². The Morgan fingerprint density at radius 3 is 2.95 bits per heavy atom. The lowest BCUT2D eigenvalue weighted by molar-refractivity contribution is 0.226. The van der Waals surface area contributed by atoms with E-state index in [-0.39, 0.29) is 0 Å². The van der Waals surface area contributed by atoms with Gasteiger partial charge in [0.15, 0.2) is 0 Å². The van der Waals surface area contributed by atoms with Crippen molar-refractivity contribution in [1.82, 2.24) is 9.30 Å². The van der Waals surface area contributed by atoms with Crippen LogP contribution >= 0.6 is 0 Å². The van der Waals surface area contributed by atoms with Crippen LogP contribution in [0.3, 0.4) is 0 Å². The molecule has 0 spiro atoms. The molecule has 1 atom stereocenters. The third-order valence-electron chi connectivity index (χ3n) is 4.29. The summed E-state index contributed by atoms with van der Waals surface area (Å²) >= 11 is 0. The van der Waals surface area contributed by atoms with Gasteiger partial charge in [-0.25, -0.2) is 0 Å². The number of fused-ring (bicyclic) bond motifs is 1. The van der Waals surface area contributed by atoms with Crippen LogP contribution in [-0.4, -0.2) is 22.4 Å². The molecule has 0 radical (unpaired) electrons. The van der Waals surface area contributed by atoms with Crippen LogP contribution in [-0.2, 0) is 6.54 Å². The van der Waals surface area contributed by atoms with Crippen molar-refractivity contribution in [2.24, 2.45) is 5.92 Å². The van der Waals surface area contributed by atoms with Crippen molar-refractivity contribution in [2.45, 2.75) is 32.4 Å². The Morgan fingerprint density at radius 2 is 2.26 bits per heavy atom. The second-order valence-corrected chi connectivity index (χ2v) is 5.63. The third-order valence-corrected chi connectivity index (χ3v) is 4.29. The second-order valence-electron chi connectivity index (χ2n) is 5.63. The monoisotopic (exact) mass is 253 g/mol. The van der Waals surface area contributed by atoms with E-state index < -0.39 is 0 Å². The molecule has 1 unspecified atom stereocenters. The normalized spacial score (nSPS) is 16.7. The minimum absolute atomic E-state index is 0.606. The molecule has 2 heterocycles. The van der Waals surface area contributed by atoms with Crippen LogP contribution < -0.4 is 0 Å². The highest BCUT2D eigenvalue weighted by Crippen LogP contribution is 2.35.